The predicted molar refractivity (Wildman–Crippen MR) is 62.5 cm³/mol. The molecule has 0 saturated carbocycles. The zero-order valence-electron chi connectivity index (χ0n) is 9.44. The van der Waals surface area contributed by atoms with Gasteiger partial charge >= 0.3 is 5.97 Å². The van der Waals surface area contributed by atoms with Crippen molar-refractivity contribution in [2.75, 3.05) is 13.7 Å². The van der Waals surface area contributed by atoms with Gasteiger partial charge in [0, 0.05) is 0 Å². The van der Waals surface area contributed by atoms with Crippen LogP contribution in [0.1, 0.15) is 12.0 Å². The van der Waals surface area contributed by atoms with Gasteiger partial charge in [-0.3, -0.25) is 4.79 Å². The van der Waals surface area contributed by atoms with Gasteiger partial charge in [0.15, 0.2) is 0 Å². The highest BCUT2D eigenvalue weighted by Crippen LogP contribution is 2.18. The minimum atomic E-state index is -0.263. The Hall–Kier alpha value is -1.77. The SMILES string of the molecule is C=CCc1ccccc1OCCC(=O)OC. The number of hydrogen-bond donors (Lipinski definition) is 0. The quantitative estimate of drug-likeness (QED) is 0.545. The number of esters is 1. The Labute approximate surface area is 95.7 Å². The molecule has 0 aromatic heterocycles. The van der Waals surface area contributed by atoms with E-state index in [9.17, 15) is 4.79 Å². The summed E-state index contributed by atoms with van der Waals surface area (Å²) in [6.07, 6.45) is 2.84. The Morgan fingerprint density at radius 2 is 2.19 bits per heavy atom. The van der Waals surface area contributed by atoms with E-state index in [0.717, 1.165) is 17.7 Å². The number of carbonyl (C=O) groups is 1. The number of ether oxygens (including phenoxy) is 2. The third kappa shape index (κ3) is 3.77. The summed E-state index contributed by atoms with van der Waals surface area (Å²) < 4.78 is 10.0. The van der Waals surface area contributed by atoms with E-state index in [1.165, 1.54) is 7.11 Å². The molecule has 0 spiro atoms. The van der Waals surface area contributed by atoms with Gasteiger partial charge in [0.05, 0.1) is 20.1 Å². The largest absolute Gasteiger partial charge is 0.493 e. The van der Waals surface area contributed by atoms with Gasteiger partial charge in [-0.05, 0) is 18.1 Å². The molecule has 0 amide bonds. The molecule has 0 aliphatic carbocycles. The van der Waals surface area contributed by atoms with Gasteiger partial charge in [-0.1, -0.05) is 24.3 Å². The Balaban J connectivity index is 2.52. The number of benzene rings is 1. The molecule has 0 fully saturated rings. The number of allylic oxidation sites excluding steroid dienone is 1. The fraction of sp³-hybridized carbons (Fsp3) is 0.308. The van der Waals surface area contributed by atoms with Crippen LogP contribution in [0.3, 0.4) is 0 Å². The van der Waals surface area contributed by atoms with Crippen molar-refractivity contribution in [3.8, 4) is 5.75 Å². The number of hydrogen-bond acceptors (Lipinski definition) is 3. The van der Waals surface area contributed by atoms with Gasteiger partial charge < -0.3 is 9.47 Å². The van der Waals surface area contributed by atoms with Crippen LogP contribution in [0.15, 0.2) is 36.9 Å². The lowest BCUT2D eigenvalue weighted by Gasteiger charge is -2.09. The molecule has 0 unspecified atom stereocenters. The Morgan fingerprint density at radius 1 is 1.44 bits per heavy atom. The summed E-state index contributed by atoms with van der Waals surface area (Å²) in [5.41, 5.74) is 1.07. The minimum Gasteiger partial charge on any atom is -0.493 e. The Bertz CT molecular complexity index is 358. The molecule has 3 nitrogen and oxygen atoms in total. The Kier molecular flexibility index (Phi) is 5.12. The third-order valence-electron chi connectivity index (χ3n) is 2.13. The van der Waals surface area contributed by atoms with Crippen molar-refractivity contribution in [1.29, 1.82) is 0 Å². The van der Waals surface area contributed by atoms with Crippen LogP contribution in [0.4, 0.5) is 0 Å². The third-order valence-corrected chi connectivity index (χ3v) is 2.13. The monoisotopic (exact) mass is 220 g/mol. The second kappa shape index (κ2) is 6.67. The van der Waals surface area contributed by atoms with E-state index in [2.05, 4.69) is 11.3 Å². The van der Waals surface area contributed by atoms with Crippen molar-refractivity contribution in [3.05, 3.63) is 42.5 Å². The maximum Gasteiger partial charge on any atom is 0.308 e. The maximum atomic E-state index is 10.9. The zero-order valence-corrected chi connectivity index (χ0v) is 9.44. The first-order chi connectivity index (χ1) is 7.77. The van der Waals surface area contributed by atoms with Crippen molar-refractivity contribution in [2.45, 2.75) is 12.8 Å². The van der Waals surface area contributed by atoms with Crippen molar-refractivity contribution < 1.29 is 14.3 Å². The summed E-state index contributed by atoms with van der Waals surface area (Å²) in [5, 5.41) is 0. The topological polar surface area (TPSA) is 35.5 Å². The van der Waals surface area contributed by atoms with Crippen LogP contribution >= 0.6 is 0 Å². The van der Waals surface area contributed by atoms with Gasteiger partial charge in [0.2, 0.25) is 0 Å². The fourth-order valence-electron chi connectivity index (χ4n) is 1.32. The van der Waals surface area contributed by atoms with Gasteiger partial charge in [-0.2, -0.15) is 0 Å². The number of rotatable bonds is 6. The molecule has 0 aliphatic heterocycles. The molecule has 86 valence electrons. The van der Waals surface area contributed by atoms with E-state index >= 15 is 0 Å². The number of para-hydroxylation sites is 1. The smallest absolute Gasteiger partial charge is 0.308 e. The van der Waals surface area contributed by atoms with Crippen LogP contribution in [0.25, 0.3) is 0 Å². The maximum absolute atomic E-state index is 10.9. The molecule has 0 heterocycles. The highest BCUT2D eigenvalue weighted by molar-refractivity contribution is 5.69. The molecular weight excluding hydrogens is 204 g/mol. The summed E-state index contributed by atoms with van der Waals surface area (Å²) in [6, 6.07) is 7.72. The molecule has 1 aromatic rings. The van der Waals surface area contributed by atoms with Crippen LogP contribution in [0.5, 0.6) is 5.75 Å². The molecule has 3 heteroatoms. The fourth-order valence-corrected chi connectivity index (χ4v) is 1.32. The molecule has 0 atom stereocenters. The zero-order chi connectivity index (χ0) is 11.8. The highest BCUT2D eigenvalue weighted by atomic mass is 16.5. The van der Waals surface area contributed by atoms with E-state index < -0.39 is 0 Å². The Morgan fingerprint density at radius 3 is 2.88 bits per heavy atom. The first-order valence-corrected chi connectivity index (χ1v) is 5.16. The minimum absolute atomic E-state index is 0.263. The van der Waals surface area contributed by atoms with E-state index in [1.54, 1.807) is 0 Å². The molecule has 0 N–H and O–H groups in total. The first-order valence-electron chi connectivity index (χ1n) is 5.16. The molecule has 0 bridgehead atoms. The lowest BCUT2D eigenvalue weighted by molar-refractivity contribution is -0.141. The van der Waals surface area contributed by atoms with E-state index in [-0.39, 0.29) is 12.4 Å². The van der Waals surface area contributed by atoms with Crippen LogP contribution in [-0.2, 0) is 16.0 Å². The van der Waals surface area contributed by atoms with Crippen LogP contribution in [0.2, 0.25) is 0 Å². The number of carbonyl (C=O) groups excluding carboxylic acids is 1. The summed E-state index contributed by atoms with van der Waals surface area (Å²) in [5.74, 6) is 0.535. The molecule has 0 radical (unpaired) electrons. The molecule has 0 aliphatic rings. The van der Waals surface area contributed by atoms with Gasteiger partial charge in [0.25, 0.3) is 0 Å². The van der Waals surface area contributed by atoms with Crippen molar-refractivity contribution in [2.24, 2.45) is 0 Å². The standard InChI is InChI=1S/C13H16O3/c1-3-6-11-7-4-5-8-12(11)16-10-9-13(14)15-2/h3-5,7-8H,1,6,9-10H2,2H3. The first kappa shape index (κ1) is 12.3. The summed E-state index contributed by atoms with van der Waals surface area (Å²) >= 11 is 0. The van der Waals surface area contributed by atoms with Crippen molar-refractivity contribution in [3.63, 3.8) is 0 Å². The van der Waals surface area contributed by atoms with Gasteiger partial charge in [0.1, 0.15) is 5.75 Å². The normalized spacial score (nSPS) is 9.56. The van der Waals surface area contributed by atoms with Crippen LogP contribution < -0.4 is 4.74 Å². The predicted octanol–water partition coefficient (Wildman–Crippen LogP) is 2.36. The average Bonchev–Trinajstić information content (AvgIpc) is 2.31. The van der Waals surface area contributed by atoms with Crippen molar-refractivity contribution >= 4 is 5.97 Å². The van der Waals surface area contributed by atoms with E-state index in [0.29, 0.717) is 6.61 Å². The van der Waals surface area contributed by atoms with Crippen LogP contribution in [0, 0.1) is 0 Å². The summed E-state index contributed by atoms with van der Waals surface area (Å²) in [4.78, 5) is 10.9. The summed E-state index contributed by atoms with van der Waals surface area (Å²) in [6.45, 7) is 4.02. The highest BCUT2D eigenvalue weighted by Gasteiger charge is 2.03. The lowest BCUT2D eigenvalue weighted by atomic mass is 10.1. The number of methoxy groups -OCH3 is 1. The second-order valence-electron chi connectivity index (χ2n) is 3.28. The summed E-state index contributed by atoms with van der Waals surface area (Å²) in [7, 11) is 1.37. The molecule has 0 saturated heterocycles. The molecule has 16 heavy (non-hydrogen) atoms. The molecule has 1 rings (SSSR count). The van der Waals surface area contributed by atoms with E-state index in [4.69, 9.17) is 4.74 Å². The second-order valence-corrected chi connectivity index (χ2v) is 3.28. The molecular formula is C13H16O3. The van der Waals surface area contributed by atoms with Gasteiger partial charge in [-0.25, -0.2) is 0 Å². The van der Waals surface area contributed by atoms with Gasteiger partial charge in [-0.15, -0.1) is 6.58 Å². The average molecular weight is 220 g/mol. The van der Waals surface area contributed by atoms with E-state index in [1.807, 2.05) is 30.3 Å². The lowest BCUT2D eigenvalue weighted by Crippen LogP contribution is -2.08. The molecule has 1 aromatic carbocycles. The van der Waals surface area contributed by atoms with Crippen molar-refractivity contribution in [1.82, 2.24) is 0 Å². The van der Waals surface area contributed by atoms with Crippen LogP contribution in [-0.4, -0.2) is 19.7 Å².